The predicted molar refractivity (Wildman–Crippen MR) is 76.6 cm³/mol. The molecule has 1 atom stereocenters. The molecule has 0 fully saturated rings. The molecule has 0 unspecified atom stereocenters. The van der Waals surface area contributed by atoms with Crippen LogP contribution in [0, 0.1) is 5.92 Å². The van der Waals surface area contributed by atoms with E-state index in [-0.39, 0.29) is 11.8 Å². The summed E-state index contributed by atoms with van der Waals surface area (Å²) in [5, 5.41) is 2.89. The molecule has 3 heteroatoms. The molecule has 1 aromatic carbocycles. The van der Waals surface area contributed by atoms with Crippen LogP contribution in [-0.2, 0) is 17.6 Å². The molecular weight excluding hydrogens is 224 g/mol. The predicted octanol–water partition coefficient (Wildman–Crippen LogP) is 2.73. The summed E-state index contributed by atoms with van der Waals surface area (Å²) in [5.41, 5.74) is 9.28. The number of hydrogen-bond acceptors (Lipinski definition) is 2. The Morgan fingerprint density at radius 3 is 2.33 bits per heavy atom. The summed E-state index contributed by atoms with van der Waals surface area (Å²) in [7, 11) is 0. The van der Waals surface area contributed by atoms with Crippen LogP contribution in [0.5, 0.6) is 0 Å². The third-order valence-electron chi connectivity index (χ3n) is 3.26. The van der Waals surface area contributed by atoms with Crippen LogP contribution in [0.2, 0.25) is 0 Å². The van der Waals surface area contributed by atoms with E-state index in [0.29, 0.717) is 0 Å². The molecule has 0 aromatic heterocycles. The van der Waals surface area contributed by atoms with Crippen LogP contribution < -0.4 is 11.1 Å². The van der Waals surface area contributed by atoms with E-state index in [2.05, 4.69) is 25.2 Å². The van der Waals surface area contributed by atoms with Crippen molar-refractivity contribution in [3.05, 3.63) is 29.3 Å². The van der Waals surface area contributed by atoms with Gasteiger partial charge in [0.1, 0.15) is 0 Å². The maximum atomic E-state index is 11.9. The first-order chi connectivity index (χ1) is 8.49. The van der Waals surface area contributed by atoms with Crippen molar-refractivity contribution in [2.75, 3.05) is 5.32 Å². The lowest BCUT2D eigenvalue weighted by atomic mass is 10.0. The summed E-state index contributed by atoms with van der Waals surface area (Å²) >= 11 is 0. The fraction of sp³-hybridized carbons (Fsp3) is 0.533. The van der Waals surface area contributed by atoms with Gasteiger partial charge in [-0.2, -0.15) is 0 Å². The van der Waals surface area contributed by atoms with Gasteiger partial charge >= 0.3 is 0 Å². The molecule has 1 rings (SSSR count). The van der Waals surface area contributed by atoms with E-state index in [4.69, 9.17) is 5.73 Å². The lowest BCUT2D eigenvalue weighted by Crippen LogP contribution is -2.39. The summed E-state index contributed by atoms with van der Waals surface area (Å²) in [6.45, 7) is 8.16. The molecule has 0 bridgehead atoms. The van der Waals surface area contributed by atoms with Gasteiger partial charge < -0.3 is 11.1 Å². The highest BCUT2D eigenvalue weighted by atomic mass is 16.2. The maximum absolute atomic E-state index is 11.9. The Bertz CT molecular complexity index is 413. The van der Waals surface area contributed by atoms with Gasteiger partial charge in [-0.05, 0) is 42.0 Å². The molecule has 0 aliphatic rings. The summed E-state index contributed by atoms with van der Waals surface area (Å²) in [6, 6.07) is 5.61. The van der Waals surface area contributed by atoms with Crippen molar-refractivity contribution in [3.8, 4) is 0 Å². The zero-order valence-corrected chi connectivity index (χ0v) is 11.8. The molecule has 1 amide bonds. The minimum absolute atomic E-state index is 0.115. The van der Waals surface area contributed by atoms with Crippen LogP contribution in [0.1, 0.15) is 38.8 Å². The number of nitrogens with two attached hydrogens (primary N) is 1. The van der Waals surface area contributed by atoms with Crippen molar-refractivity contribution in [1.29, 1.82) is 0 Å². The number of anilines is 1. The lowest BCUT2D eigenvalue weighted by molar-refractivity contribution is -0.118. The molecule has 0 radical (unpaired) electrons. The van der Waals surface area contributed by atoms with Crippen LogP contribution in [0.25, 0.3) is 0 Å². The number of amides is 1. The molecule has 0 heterocycles. The highest BCUT2D eigenvalue weighted by Gasteiger charge is 2.17. The quantitative estimate of drug-likeness (QED) is 0.841. The van der Waals surface area contributed by atoms with Gasteiger partial charge in [0.05, 0.1) is 6.04 Å². The third kappa shape index (κ3) is 3.57. The zero-order valence-electron chi connectivity index (χ0n) is 11.8. The monoisotopic (exact) mass is 248 g/mol. The lowest BCUT2D eigenvalue weighted by Gasteiger charge is -2.16. The molecule has 18 heavy (non-hydrogen) atoms. The summed E-state index contributed by atoms with van der Waals surface area (Å²) in [5.74, 6) is 0.0295. The first-order valence-electron chi connectivity index (χ1n) is 6.67. The molecule has 0 spiro atoms. The van der Waals surface area contributed by atoms with Gasteiger partial charge in [0.15, 0.2) is 0 Å². The van der Waals surface area contributed by atoms with Gasteiger partial charge in [-0.1, -0.05) is 33.8 Å². The topological polar surface area (TPSA) is 55.1 Å². The number of benzene rings is 1. The van der Waals surface area contributed by atoms with Gasteiger partial charge in [-0.3, -0.25) is 4.79 Å². The minimum atomic E-state index is -0.457. The van der Waals surface area contributed by atoms with Crippen molar-refractivity contribution in [3.63, 3.8) is 0 Å². The molecule has 0 saturated heterocycles. The number of hydrogen-bond donors (Lipinski definition) is 2. The van der Waals surface area contributed by atoms with Gasteiger partial charge in [0, 0.05) is 5.69 Å². The Labute approximate surface area is 110 Å². The van der Waals surface area contributed by atoms with Crippen molar-refractivity contribution in [2.24, 2.45) is 11.7 Å². The Morgan fingerprint density at radius 1 is 1.22 bits per heavy atom. The van der Waals surface area contributed by atoms with E-state index in [1.807, 2.05) is 26.0 Å². The van der Waals surface area contributed by atoms with Gasteiger partial charge in [-0.25, -0.2) is 0 Å². The highest BCUT2D eigenvalue weighted by molar-refractivity contribution is 5.94. The molecule has 100 valence electrons. The minimum Gasteiger partial charge on any atom is -0.325 e. The molecule has 3 nitrogen and oxygen atoms in total. The van der Waals surface area contributed by atoms with E-state index in [1.165, 1.54) is 11.1 Å². The second-order valence-electron chi connectivity index (χ2n) is 4.95. The van der Waals surface area contributed by atoms with E-state index >= 15 is 0 Å². The van der Waals surface area contributed by atoms with Crippen molar-refractivity contribution >= 4 is 11.6 Å². The fourth-order valence-corrected chi connectivity index (χ4v) is 1.91. The normalized spacial score (nSPS) is 12.6. The molecule has 0 saturated carbocycles. The number of carbonyl (C=O) groups is 1. The Kier molecular flexibility index (Phi) is 5.35. The Morgan fingerprint density at radius 2 is 1.83 bits per heavy atom. The molecular formula is C15H24N2O. The molecule has 0 aliphatic heterocycles. The second kappa shape index (κ2) is 6.55. The number of rotatable bonds is 5. The standard InChI is InChI=1S/C15H24N2O/c1-5-11-7-8-13(9-12(11)6-2)17-15(18)14(16)10(3)4/h7-10,14H,5-6,16H2,1-4H3,(H,17,18)/t14-/m0/s1. The van der Waals surface area contributed by atoms with Gasteiger partial charge in [0.2, 0.25) is 5.91 Å². The van der Waals surface area contributed by atoms with Crippen molar-refractivity contribution < 1.29 is 4.79 Å². The number of aryl methyl sites for hydroxylation is 2. The SMILES string of the molecule is CCc1ccc(NC(=O)[C@@H](N)C(C)C)cc1CC. The van der Waals surface area contributed by atoms with Crippen LogP contribution in [0.3, 0.4) is 0 Å². The number of nitrogens with one attached hydrogen (secondary N) is 1. The summed E-state index contributed by atoms with van der Waals surface area (Å²) in [4.78, 5) is 11.9. The average Bonchev–Trinajstić information content (AvgIpc) is 2.37. The summed E-state index contributed by atoms with van der Waals surface area (Å²) < 4.78 is 0. The summed E-state index contributed by atoms with van der Waals surface area (Å²) in [6.07, 6.45) is 1.99. The smallest absolute Gasteiger partial charge is 0.241 e. The van der Waals surface area contributed by atoms with Crippen LogP contribution in [0.4, 0.5) is 5.69 Å². The molecule has 3 N–H and O–H groups in total. The van der Waals surface area contributed by atoms with Crippen molar-refractivity contribution in [2.45, 2.75) is 46.6 Å². The number of carbonyl (C=O) groups excluding carboxylic acids is 1. The van der Waals surface area contributed by atoms with Gasteiger partial charge in [0.25, 0.3) is 0 Å². The van der Waals surface area contributed by atoms with Crippen LogP contribution in [-0.4, -0.2) is 11.9 Å². The first kappa shape index (κ1) is 14.7. The fourth-order valence-electron chi connectivity index (χ4n) is 1.91. The van der Waals surface area contributed by atoms with E-state index in [0.717, 1.165) is 18.5 Å². The van der Waals surface area contributed by atoms with Crippen LogP contribution in [0.15, 0.2) is 18.2 Å². The Hall–Kier alpha value is -1.35. The van der Waals surface area contributed by atoms with Crippen LogP contribution >= 0.6 is 0 Å². The molecule has 1 aromatic rings. The van der Waals surface area contributed by atoms with E-state index < -0.39 is 6.04 Å². The first-order valence-corrected chi connectivity index (χ1v) is 6.67. The maximum Gasteiger partial charge on any atom is 0.241 e. The molecule has 0 aliphatic carbocycles. The zero-order chi connectivity index (χ0) is 13.7. The average molecular weight is 248 g/mol. The van der Waals surface area contributed by atoms with Gasteiger partial charge in [-0.15, -0.1) is 0 Å². The van der Waals surface area contributed by atoms with E-state index in [1.54, 1.807) is 0 Å². The van der Waals surface area contributed by atoms with Crippen molar-refractivity contribution in [1.82, 2.24) is 0 Å². The second-order valence-corrected chi connectivity index (χ2v) is 4.95. The largest absolute Gasteiger partial charge is 0.325 e. The van der Waals surface area contributed by atoms with E-state index in [9.17, 15) is 4.79 Å². The Balaban J connectivity index is 2.82. The third-order valence-corrected chi connectivity index (χ3v) is 3.26. The highest BCUT2D eigenvalue weighted by Crippen LogP contribution is 2.17.